The van der Waals surface area contributed by atoms with Crippen LogP contribution < -0.4 is 5.32 Å². The number of nitrogens with one attached hydrogen (secondary N) is 1. The number of rotatable bonds is 4. The fourth-order valence-electron chi connectivity index (χ4n) is 1.20. The molecule has 2 heterocycles. The lowest BCUT2D eigenvalue weighted by Crippen LogP contribution is -2.06. The van der Waals surface area contributed by atoms with Crippen molar-refractivity contribution in [2.45, 2.75) is 6.42 Å². The predicted molar refractivity (Wildman–Crippen MR) is 63.6 cm³/mol. The summed E-state index contributed by atoms with van der Waals surface area (Å²) < 4.78 is 0. The van der Waals surface area contributed by atoms with Crippen LogP contribution in [0.25, 0.3) is 0 Å². The summed E-state index contributed by atoms with van der Waals surface area (Å²) in [7, 11) is 0. The molecule has 0 spiro atoms. The number of thiophene rings is 1. The highest BCUT2D eigenvalue weighted by Crippen LogP contribution is 2.16. The summed E-state index contributed by atoms with van der Waals surface area (Å²) >= 11 is 7.66. The summed E-state index contributed by atoms with van der Waals surface area (Å²) in [6.07, 6.45) is 4.05. The molecule has 78 valence electrons. The van der Waals surface area contributed by atoms with Crippen LogP contribution in [0, 0.1) is 0 Å². The van der Waals surface area contributed by atoms with Crippen LogP contribution in [-0.2, 0) is 6.42 Å². The van der Waals surface area contributed by atoms with Crippen LogP contribution in [0.3, 0.4) is 0 Å². The van der Waals surface area contributed by atoms with Gasteiger partial charge in [-0.1, -0.05) is 17.7 Å². The van der Waals surface area contributed by atoms with E-state index in [1.165, 1.54) is 11.2 Å². The van der Waals surface area contributed by atoms with Gasteiger partial charge in [-0.2, -0.15) is 0 Å². The molecular formula is C10H10ClN3S. The lowest BCUT2D eigenvalue weighted by atomic mass is 10.3. The van der Waals surface area contributed by atoms with E-state index in [2.05, 4.69) is 32.8 Å². The fourth-order valence-corrected chi connectivity index (χ4v) is 2.08. The van der Waals surface area contributed by atoms with Gasteiger partial charge in [-0.25, -0.2) is 9.97 Å². The van der Waals surface area contributed by atoms with E-state index in [4.69, 9.17) is 11.6 Å². The second-order valence-electron chi connectivity index (χ2n) is 2.98. The second kappa shape index (κ2) is 5.09. The molecule has 0 aliphatic carbocycles. The number of anilines is 1. The maximum Gasteiger partial charge on any atom is 0.148 e. The first-order chi connectivity index (χ1) is 7.36. The van der Waals surface area contributed by atoms with Crippen LogP contribution in [-0.4, -0.2) is 16.5 Å². The second-order valence-corrected chi connectivity index (χ2v) is 4.41. The molecule has 0 aliphatic rings. The van der Waals surface area contributed by atoms with Crippen molar-refractivity contribution < 1.29 is 0 Å². The van der Waals surface area contributed by atoms with Crippen LogP contribution >= 0.6 is 22.9 Å². The van der Waals surface area contributed by atoms with E-state index < -0.39 is 0 Å². The highest BCUT2D eigenvalue weighted by Gasteiger charge is 2.00. The third-order valence-electron chi connectivity index (χ3n) is 1.91. The first-order valence-electron chi connectivity index (χ1n) is 4.58. The molecule has 15 heavy (non-hydrogen) atoms. The molecule has 0 amide bonds. The summed E-state index contributed by atoms with van der Waals surface area (Å²) in [5, 5.41) is 5.81. The van der Waals surface area contributed by atoms with Gasteiger partial charge in [0, 0.05) is 11.4 Å². The van der Waals surface area contributed by atoms with Crippen molar-refractivity contribution in [2.24, 2.45) is 0 Å². The van der Waals surface area contributed by atoms with Gasteiger partial charge in [-0.05, 0) is 17.9 Å². The molecule has 0 saturated carbocycles. The van der Waals surface area contributed by atoms with E-state index in [9.17, 15) is 0 Å². The lowest BCUT2D eigenvalue weighted by Gasteiger charge is -2.04. The van der Waals surface area contributed by atoms with E-state index in [1.54, 1.807) is 17.5 Å². The zero-order chi connectivity index (χ0) is 10.5. The summed E-state index contributed by atoms with van der Waals surface area (Å²) in [5.74, 6) is 0.697. The lowest BCUT2D eigenvalue weighted by molar-refractivity contribution is 1.02. The predicted octanol–water partition coefficient (Wildman–Crippen LogP) is 2.85. The van der Waals surface area contributed by atoms with Gasteiger partial charge >= 0.3 is 0 Å². The molecule has 0 atom stereocenters. The third-order valence-corrected chi connectivity index (χ3v) is 3.12. The van der Waals surface area contributed by atoms with Crippen molar-refractivity contribution in [1.29, 1.82) is 0 Å². The molecule has 0 radical (unpaired) electrons. The summed E-state index contributed by atoms with van der Waals surface area (Å²) in [6, 6.07) is 4.17. The number of halogens is 1. The van der Waals surface area contributed by atoms with E-state index >= 15 is 0 Å². The van der Waals surface area contributed by atoms with E-state index in [0.29, 0.717) is 10.8 Å². The molecule has 2 rings (SSSR count). The quantitative estimate of drug-likeness (QED) is 0.892. The summed E-state index contributed by atoms with van der Waals surface area (Å²) in [4.78, 5) is 9.22. The minimum absolute atomic E-state index is 0.559. The minimum atomic E-state index is 0.559. The number of aromatic nitrogens is 2. The first-order valence-corrected chi connectivity index (χ1v) is 5.84. The van der Waals surface area contributed by atoms with E-state index in [0.717, 1.165) is 13.0 Å². The van der Waals surface area contributed by atoms with Gasteiger partial charge in [0.25, 0.3) is 0 Å². The Morgan fingerprint density at radius 2 is 2.40 bits per heavy atom. The highest BCUT2D eigenvalue weighted by molar-refractivity contribution is 7.09. The Hall–Kier alpha value is -1.13. The Balaban J connectivity index is 1.86. The van der Waals surface area contributed by atoms with Gasteiger partial charge in [-0.15, -0.1) is 11.3 Å². The van der Waals surface area contributed by atoms with Crippen molar-refractivity contribution in [2.75, 3.05) is 11.9 Å². The Bertz CT molecular complexity index is 416. The Morgan fingerprint density at radius 1 is 1.47 bits per heavy atom. The Labute approximate surface area is 97.2 Å². The molecule has 2 aromatic rings. The van der Waals surface area contributed by atoms with Crippen LogP contribution in [0.4, 0.5) is 5.82 Å². The maximum absolute atomic E-state index is 5.90. The van der Waals surface area contributed by atoms with Gasteiger partial charge in [-0.3, -0.25) is 0 Å². The molecule has 0 unspecified atom stereocenters. The molecule has 3 nitrogen and oxygen atoms in total. The molecule has 2 aromatic heterocycles. The minimum Gasteiger partial charge on any atom is -0.368 e. The number of nitrogens with zero attached hydrogens (tertiary/aromatic N) is 2. The van der Waals surface area contributed by atoms with Crippen molar-refractivity contribution in [3.05, 3.63) is 39.9 Å². The molecule has 0 saturated heterocycles. The van der Waals surface area contributed by atoms with Crippen LogP contribution in [0.5, 0.6) is 0 Å². The Kier molecular flexibility index (Phi) is 3.53. The first kappa shape index (κ1) is 10.4. The molecule has 5 heteroatoms. The molecule has 0 fully saturated rings. The van der Waals surface area contributed by atoms with Gasteiger partial charge < -0.3 is 5.32 Å². The zero-order valence-electron chi connectivity index (χ0n) is 7.98. The van der Waals surface area contributed by atoms with Crippen molar-refractivity contribution in [3.8, 4) is 0 Å². The van der Waals surface area contributed by atoms with Gasteiger partial charge in [0.05, 0.1) is 6.20 Å². The molecule has 1 N–H and O–H groups in total. The smallest absolute Gasteiger partial charge is 0.148 e. The number of hydrogen-bond acceptors (Lipinski definition) is 4. The van der Waals surface area contributed by atoms with Crippen molar-refractivity contribution in [3.63, 3.8) is 0 Å². The summed E-state index contributed by atoms with van der Waals surface area (Å²) in [6.45, 7) is 0.831. The van der Waals surface area contributed by atoms with Gasteiger partial charge in [0.15, 0.2) is 0 Å². The van der Waals surface area contributed by atoms with E-state index in [-0.39, 0.29) is 0 Å². The average molecular weight is 240 g/mol. The topological polar surface area (TPSA) is 37.8 Å². The standard InChI is InChI=1S/C10H10ClN3S/c11-9-6-12-7-14-10(9)13-4-3-8-2-1-5-15-8/h1-2,5-7H,3-4H2,(H,12,13,14). The SMILES string of the molecule is Clc1cncnc1NCCc1cccs1. The Morgan fingerprint density at radius 3 is 3.13 bits per heavy atom. The average Bonchev–Trinajstić information content (AvgIpc) is 2.74. The van der Waals surface area contributed by atoms with Crippen LogP contribution in [0.1, 0.15) is 4.88 Å². The van der Waals surface area contributed by atoms with Gasteiger partial charge in [0.2, 0.25) is 0 Å². The molecule has 0 aromatic carbocycles. The van der Waals surface area contributed by atoms with Gasteiger partial charge in [0.1, 0.15) is 17.2 Å². The van der Waals surface area contributed by atoms with Crippen LogP contribution in [0.2, 0.25) is 5.02 Å². The third kappa shape index (κ3) is 2.91. The normalized spacial score (nSPS) is 10.2. The molecule has 0 bridgehead atoms. The zero-order valence-corrected chi connectivity index (χ0v) is 9.55. The summed E-state index contributed by atoms with van der Waals surface area (Å²) in [5.41, 5.74) is 0. The van der Waals surface area contributed by atoms with Crippen molar-refractivity contribution >= 4 is 28.8 Å². The molecule has 0 aliphatic heterocycles. The number of hydrogen-bond donors (Lipinski definition) is 1. The van der Waals surface area contributed by atoms with Crippen molar-refractivity contribution in [1.82, 2.24) is 9.97 Å². The monoisotopic (exact) mass is 239 g/mol. The maximum atomic E-state index is 5.90. The fraction of sp³-hybridized carbons (Fsp3) is 0.200. The van der Waals surface area contributed by atoms with E-state index in [1.807, 2.05) is 0 Å². The largest absolute Gasteiger partial charge is 0.368 e. The molecular weight excluding hydrogens is 230 g/mol. The highest BCUT2D eigenvalue weighted by atomic mass is 35.5. The van der Waals surface area contributed by atoms with Crippen LogP contribution in [0.15, 0.2) is 30.0 Å².